The van der Waals surface area contributed by atoms with Crippen molar-refractivity contribution in [2.45, 2.75) is 26.2 Å². The minimum atomic E-state index is -0.829. The number of aromatic nitrogens is 1. The molecule has 0 spiro atoms. The number of nitrogens with zero attached hydrogens (tertiary/aromatic N) is 1. The zero-order valence-electron chi connectivity index (χ0n) is 17.6. The van der Waals surface area contributed by atoms with Crippen molar-refractivity contribution in [3.05, 3.63) is 83.4 Å². The predicted octanol–water partition coefficient (Wildman–Crippen LogP) is 5.08. The Morgan fingerprint density at radius 3 is 2.50 bits per heavy atom. The number of rotatable bonds is 8. The summed E-state index contributed by atoms with van der Waals surface area (Å²) in [4.78, 5) is 27.6. The lowest BCUT2D eigenvalue weighted by molar-refractivity contribution is -0.137. The van der Waals surface area contributed by atoms with Crippen molar-refractivity contribution in [1.82, 2.24) is 4.98 Å². The summed E-state index contributed by atoms with van der Waals surface area (Å²) in [6, 6.07) is 21.0. The van der Waals surface area contributed by atoms with E-state index in [1.165, 1.54) is 0 Å². The van der Waals surface area contributed by atoms with Crippen LogP contribution in [0.25, 0.3) is 11.1 Å². The Bertz CT molecular complexity index is 1260. The topological polar surface area (TPSA) is 104 Å². The van der Waals surface area contributed by atoms with Crippen LogP contribution in [0.2, 0.25) is 0 Å². The first kappa shape index (κ1) is 21.1. The molecule has 0 radical (unpaired) electrons. The van der Waals surface area contributed by atoms with E-state index in [1.807, 2.05) is 61.5 Å². The van der Waals surface area contributed by atoms with Gasteiger partial charge in [0.15, 0.2) is 5.58 Å². The smallest absolute Gasteiger partial charge is 0.303 e. The van der Waals surface area contributed by atoms with E-state index >= 15 is 0 Å². The Morgan fingerprint density at radius 2 is 1.75 bits per heavy atom. The summed E-state index contributed by atoms with van der Waals surface area (Å²) in [5, 5.41) is 14.8. The highest BCUT2D eigenvalue weighted by molar-refractivity contribution is 5.92. The van der Waals surface area contributed by atoms with Crippen LogP contribution < -0.4 is 10.6 Å². The van der Waals surface area contributed by atoms with E-state index in [2.05, 4.69) is 15.6 Å². The van der Waals surface area contributed by atoms with Gasteiger partial charge in [0.2, 0.25) is 5.91 Å². The highest BCUT2D eigenvalue weighted by Crippen LogP contribution is 2.25. The highest BCUT2D eigenvalue weighted by Gasteiger charge is 2.10. The standard InChI is InChI=1S/C25H23N3O4/c1-16-4-2-3-5-20(16)27-25-28-21-12-8-18(14-22(21)32-25)15-23(29)26-19-10-6-17(7-11-19)9-13-24(30)31/h2-8,10-12,14H,9,13,15H2,1H3,(H,26,29)(H,27,28)(H,30,31). The second kappa shape index (κ2) is 9.34. The fourth-order valence-corrected chi connectivity index (χ4v) is 3.36. The normalized spacial score (nSPS) is 10.8. The fourth-order valence-electron chi connectivity index (χ4n) is 3.36. The molecule has 0 aliphatic heterocycles. The van der Waals surface area contributed by atoms with Crippen LogP contribution in [-0.4, -0.2) is 22.0 Å². The molecule has 1 amide bonds. The molecule has 0 aliphatic rings. The molecule has 0 saturated carbocycles. The second-order valence-electron chi connectivity index (χ2n) is 7.58. The molecule has 32 heavy (non-hydrogen) atoms. The van der Waals surface area contributed by atoms with E-state index in [-0.39, 0.29) is 18.7 Å². The van der Waals surface area contributed by atoms with Gasteiger partial charge in [-0.15, -0.1) is 0 Å². The fraction of sp³-hybridized carbons (Fsp3) is 0.160. The van der Waals surface area contributed by atoms with Crippen LogP contribution in [0.3, 0.4) is 0 Å². The van der Waals surface area contributed by atoms with Gasteiger partial charge in [0.25, 0.3) is 6.01 Å². The van der Waals surface area contributed by atoms with Crippen LogP contribution in [0.5, 0.6) is 0 Å². The maximum Gasteiger partial charge on any atom is 0.303 e. The second-order valence-corrected chi connectivity index (χ2v) is 7.58. The number of carbonyl (C=O) groups is 2. The van der Waals surface area contributed by atoms with Gasteiger partial charge in [-0.1, -0.05) is 36.4 Å². The number of amides is 1. The van der Waals surface area contributed by atoms with Crippen molar-refractivity contribution in [3.8, 4) is 0 Å². The van der Waals surface area contributed by atoms with Gasteiger partial charge in [-0.2, -0.15) is 4.98 Å². The lowest BCUT2D eigenvalue weighted by Crippen LogP contribution is -2.14. The Morgan fingerprint density at radius 1 is 1.00 bits per heavy atom. The number of carboxylic acid groups (broad SMARTS) is 1. The number of hydrogen-bond acceptors (Lipinski definition) is 5. The number of benzene rings is 3. The number of aliphatic carboxylic acids is 1. The molecule has 0 bridgehead atoms. The number of carbonyl (C=O) groups excluding carboxylic acids is 1. The molecule has 4 aromatic rings. The van der Waals surface area contributed by atoms with Crippen LogP contribution >= 0.6 is 0 Å². The minimum Gasteiger partial charge on any atom is -0.481 e. The van der Waals surface area contributed by atoms with Crippen molar-refractivity contribution in [2.24, 2.45) is 0 Å². The summed E-state index contributed by atoms with van der Waals surface area (Å²) in [5.41, 5.74) is 5.72. The number of nitrogens with one attached hydrogen (secondary N) is 2. The first-order valence-electron chi connectivity index (χ1n) is 10.3. The van der Waals surface area contributed by atoms with Crippen LogP contribution in [0, 0.1) is 6.92 Å². The monoisotopic (exact) mass is 429 g/mol. The SMILES string of the molecule is Cc1ccccc1Nc1nc2ccc(CC(=O)Nc3ccc(CCC(=O)O)cc3)cc2o1. The first-order chi connectivity index (χ1) is 15.5. The van der Waals surface area contributed by atoms with E-state index in [4.69, 9.17) is 9.52 Å². The molecule has 0 unspecified atom stereocenters. The van der Waals surface area contributed by atoms with Gasteiger partial charge in [-0.25, -0.2) is 0 Å². The van der Waals surface area contributed by atoms with Crippen molar-refractivity contribution in [3.63, 3.8) is 0 Å². The van der Waals surface area contributed by atoms with E-state index < -0.39 is 5.97 Å². The number of hydrogen-bond donors (Lipinski definition) is 3. The third kappa shape index (κ3) is 5.31. The lowest BCUT2D eigenvalue weighted by Gasteiger charge is -2.06. The maximum absolute atomic E-state index is 12.5. The maximum atomic E-state index is 12.5. The number of para-hydroxylation sites is 1. The lowest BCUT2D eigenvalue weighted by atomic mass is 10.1. The summed E-state index contributed by atoms with van der Waals surface area (Å²) in [6.45, 7) is 2.01. The summed E-state index contributed by atoms with van der Waals surface area (Å²) < 4.78 is 5.82. The molecule has 7 heteroatoms. The molecule has 1 aromatic heterocycles. The summed E-state index contributed by atoms with van der Waals surface area (Å²) >= 11 is 0. The Kier molecular flexibility index (Phi) is 6.17. The third-order valence-corrected chi connectivity index (χ3v) is 5.07. The molecular formula is C25H23N3O4. The zero-order chi connectivity index (χ0) is 22.5. The molecule has 0 fully saturated rings. The molecule has 1 heterocycles. The third-order valence-electron chi connectivity index (χ3n) is 5.07. The Labute approximate surface area is 185 Å². The number of anilines is 3. The number of carboxylic acids is 1. The van der Waals surface area contributed by atoms with Crippen LogP contribution in [0.4, 0.5) is 17.4 Å². The van der Waals surface area contributed by atoms with E-state index in [0.29, 0.717) is 29.2 Å². The largest absolute Gasteiger partial charge is 0.481 e. The van der Waals surface area contributed by atoms with Gasteiger partial charge in [0.1, 0.15) is 5.52 Å². The molecule has 162 valence electrons. The van der Waals surface area contributed by atoms with Crippen LogP contribution in [0.15, 0.2) is 71.1 Å². The van der Waals surface area contributed by atoms with Gasteiger partial charge in [0, 0.05) is 17.8 Å². The highest BCUT2D eigenvalue weighted by atomic mass is 16.4. The van der Waals surface area contributed by atoms with Gasteiger partial charge in [-0.3, -0.25) is 9.59 Å². The molecule has 0 atom stereocenters. The average molecular weight is 429 g/mol. The van der Waals surface area contributed by atoms with E-state index in [0.717, 1.165) is 22.4 Å². The number of aryl methyl sites for hydroxylation is 2. The van der Waals surface area contributed by atoms with Gasteiger partial charge in [0.05, 0.1) is 6.42 Å². The molecule has 3 aromatic carbocycles. The van der Waals surface area contributed by atoms with E-state index in [9.17, 15) is 9.59 Å². The minimum absolute atomic E-state index is 0.0814. The average Bonchev–Trinajstić information content (AvgIpc) is 3.16. The molecule has 4 rings (SSSR count). The zero-order valence-corrected chi connectivity index (χ0v) is 17.6. The van der Waals surface area contributed by atoms with Crippen molar-refractivity contribution in [2.75, 3.05) is 10.6 Å². The summed E-state index contributed by atoms with van der Waals surface area (Å²) in [6.07, 6.45) is 0.734. The van der Waals surface area contributed by atoms with Crippen LogP contribution in [-0.2, 0) is 22.4 Å². The first-order valence-corrected chi connectivity index (χ1v) is 10.3. The Balaban J connectivity index is 1.39. The molecule has 3 N–H and O–H groups in total. The van der Waals surface area contributed by atoms with Gasteiger partial charge in [-0.05, 0) is 60.4 Å². The quantitative estimate of drug-likeness (QED) is 0.361. The summed E-state index contributed by atoms with van der Waals surface area (Å²) in [7, 11) is 0. The molecule has 0 aliphatic carbocycles. The number of oxazole rings is 1. The molecule has 7 nitrogen and oxygen atoms in total. The molecule has 0 saturated heterocycles. The van der Waals surface area contributed by atoms with Crippen molar-refractivity contribution < 1.29 is 19.1 Å². The van der Waals surface area contributed by atoms with Gasteiger partial charge < -0.3 is 20.2 Å². The number of fused-ring (bicyclic) bond motifs is 1. The Hall–Kier alpha value is -4.13. The van der Waals surface area contributed by atoms with Crippen molar-refractivity contribution in [1.29, 1.82) is 0 Å². The van der Waals surface area contributed by atoms with Crippen LogP contribution in [0.1, 0.15) is 23.1 Å². The predicted molar refractivity (Wildman–Crippen MR) is 123 cm³/mol. The van der Waals surface area contributed by atoms with Crippen molar-refractivity contribution >= 4 is 40.4 Å². The van der Waals surface area contributed by atoms with Gasteiger partial charge >= 0.3 is 5.97 Å². The summed E-state index contributed by atoms with van der Waals surface area (Å²) in [5.74, 6) is -0.982. The molecular weight excluding hydrogens is 406 g/mol. The van der Waals surface area contributed by atoms with E-state index in [1.54, 1.807) is 12.1 Å².